The Hall–Kier alpha value is -0.0800. The van der Waals surface area contributed by atoms with Gasteiger partial charge in [0.25, 0.3) is 0 Å². The van der Waals surface area contributed by atoms with Crippen LogP contribution in [0.15, 0.2) is 0 Å². The van der Waals surface area contributed by atoms with Crippen LogP contribution in [0.4, 0.5) is 0 Å². The SMILES string of the molecule is CCCC1(CN2CCCNC(CC)CC2)CC1. The second kappa shape index (κ2) is 6.19. The Kier molecular flexibility index (Phi) is 4.87. The smallest absolute Gasteiger partial charge is 0.00766 e. The van der Waals surface area contributed by atoms with Crippen molar-refractivity contribution in [1.29, 1.82) is 0 Å². The molecule has 1 saturated carbocycles. The topological polar surface area (TPSA) is 15.3 Å². The molecule has 1 unspecified atom stereocenters. The molecule has 1 N–H and O–H groups in total. The molecule has 2 rings (SSSR count). The first-order valence-corrected chi connectivity index (χ1v) is 7.74. The maximum absolute atomic E-state index is 3.67. The van der Waals surface area contributed by atoms with Crippen molar-refractivity contribution in [2.24, 2.45) is 5.41 Å². The van der Waals surface area contributed by atoms with Crippen molar-refractivity contribution >= 4 is 0 Å². The van der Waals surface area contributed by atoms with E-state index in [0.717, 1.165) is 11.5 Å². The molecule has 0 aromatic rings. The Morgan fingerprint density at radius 2 is 2.06 bits per heavy atom. The zero-order chi connectivity index (χ0) is 12.1. The zero-order valence-electron chi connectivity index (χ0n) is 11.8. The molecular weight excluding hydrogens is 208 g/mol. The highest BCUT2D eigenvalue weighted by molar-refractivity contribution is 4.95. The van der Waals surface area contributed by atoms with Crippen molar-refractivity contribution in [2.45, 2.75) is 64.8 Å². The van der Waals surface area contributed by atoms with E-state index in [4.69, 9.17) is 0 Å². The summed E-state index contributed by atoms with van der Waals surface area (Å²) in [4.78, 5) is 2.76. The summed E-state index contributed by atoms with van der Waals surface area (Å²) in [5.74, 6) is 0. The molecule has 2 aliphatic rings. The molecule has 1 heterocycles. The van der Waals surface area contributed by atoms with E-state index < -0.39 is 0 Å². The van der Waals surface area contributed by atoms with Gasteiger partial charge in [0.1, 0.15) is 0 Å². The maximum Gasteiger partial charge on any atom is 0.00766 e. The van der Waals surface area contributed by atoms with Crippen LogP contribution in [-0.2, 0) is 0 Å². The van der Waals surface area contributed by atoms with Gasteiger partial charge in [-0.1, -0.05) is 20.3 Å². The van der Waals surface area contributed by atoms with E-state index in [-0.39, 0.29) is 0 Å². The molecule has 0 aromatic heterocycles. The third kappa shape index (κ3) is 3.96. The van der Waals surface area contributed by atoms with E-state index in [1.807, 2.05) is 0 Å². The highest BCUT2D eigenvalue weighted by Gasteiger charge is 2.42. The van der Waals surface area contributed by atoms with Crippen molar-refractivity contribution in [1.82, 2.24) is 10.2 Å². The maximum atomic E-state index is 3.67. The number of nitrogens with zero attached hydrogens (tertiary/aromatic N) is 1. The third-order valence-corrected chi connectivity index (χ3v) is 4.67. The largest absolute Gasteiger partial charge is 0.314 e. The Morgan fingerprint density at radius 1 is 1.24 bits per heavy atom. The van der Waals surface area contributed by atoms with Crippen LogP contribution < -0.4 is 5.32 Å². The van der Waals surface area contributed by atoms with E-state index in [1.54, 1.807) is 0 Å². The summed E-state index contributed by atoms with van der Waals surface area (Å²) in [6.45, 7) is 9.88. The van der Waals surface area contributed by atoms with Gasteiger partial charge in [0.05, 0.1) is 0 Å². The minimum Gasteiger partial charge on any atom is -0.314 e. The van der Waals surface area contributed by atoms with E-state index in [2.05, 4.69) is 24.1 Å². The summed E-state index contributed by atoms with van der Waals surface area (Å²) < 4.78 is 0. The quantitative estimate of drug-likeness (QED) is 0.792. The van der Waals surface area contributed by atoms with Gasteiger partial charge in [0.15, 0.2) is 0 Å². The van der Waals surface area contributed by atoms with Crippen molar-refractivity contribution < 1.29 is 0 Å². The molecule has 1 aliphatic carbocycles. The second-order valence-corrected chi connectivity index (χ2v) is 6.23. The number of nitrogens with one attached hydrogen (secondary N) is 1. The fourth-order valence-corrected chi connectivity index (χ4v) is 3.34. The number of hydrogen-bond acceptors (Lipinski definition) is 2. The highest BCUT2D eigenvalue weighted by Crippen LogP contribution is 2.50. The predicted molar refractivity (Wildman–Crippen MR) is 74.3 cm³/mol. The van der Waals surface area contributed by atoms with Crippen LogP contribution in [0, 0.1) is 5.41 Å². The summed E-state index contributed by atoms with van der Waals surface area (Å²) in [6, 6.07) is 0.763. The molecule has 1 atom stereocenters. The summed E-state index contributed by atoms with van der Waals surface area (Å²) in [5, 5.41) is 3.67. The lowest BCUT2D eigenvalue weighted by atomic mass is 9.99. The van der Waals surface area contributed by atoms with Crippen molar-refractivity contribution in [3.63, 3.8) is 0 Å². The van der Waals surface area contributed by atoms with E-state index >= 15 is 0 Å². The Labute approximate surface area is 107 Å². The molecule has 2 fully saturated rings. The van der Waals surface area contributed by atoms with E-state index in [1.165, 1.54) is 71.1 Å². The fraction of sp³-hybridized carbons (Fsp3) is 1.00. The standard InChI is InChI=1S/C15H30N2/c1-3-7-15(8-9-15)13-17-11-5-10-16-14(4-2)6-12-17/h14,16H,3-13H2,1-2H3. The lowest BCUT2D eigenvalue weighted by molar-refractivity contribution is 0.186. The van der Waals surface area contributed by atoms with Crippen LogP contribution in [0.2, 0.25) is 0 Å². The molecule has 2 nitrogen and oxygen atoms in total. The average Bonchev–Trinajstić information content (AvgIpc) is 3.04. The van der Waals surface area contributed by atoms with Gasteiger partial charge in [-0.05, 0) is 63.6 Å². The van der Waals surface area contributed by atoms with Crippen LogP contribution in [-0.4, -0.2) is 37.1 Å². The van der Waals surface area contributed by atoms with Gasteiger partial charge in [-0.3, -0.25) is 0 Å². The van der Waals surface area contributed by atoms with E-state index in [0.29, 0.717) is 0 Å². The zero-order valence-corrected chi connectivity index (χ0v) is 11.8. The molecule has 100 valence electrons. The number of hydrogen-bond donors (Lipinski definition) is 1. The van der Waals surface area contributed by atoms with Gasteiger partial charge >= 0.3 is 0 Å². The minimum absolute atomic E-state index is 0.739. The lowest BCUT2D eigenvalue weighted by Gasteiger charge is -2.31. The van der Waals surface area contributed by atoms with Gasteiger partial charge in [-0.2, -0.15) is 0 Å². The van der Waals surface area contributed by atoms with Crippen molar-refractivity contribution in [3.05, 3.63) is 0 Å². The van der Waals surface area contributed by atoms with Gasteiger partial charge in [0.2, 0.25) is 0 Å². The molecule has 1 aliphatic heterocycles. The van der Waals surface area contributed by atoms with Crippen LogP contribution in [0.1, 0.15) is 58.8 Å². The Morgan fingerprint density at radius 3 is 2.71 bits per heavy atom. The monoisotopic (exact) mass is 238 g/mol. The summed E-state index contributed by atoms with van der Waals surface area (Å²) in [5.41, 5.74) is 0.739. The normalized spacial score (nSPS) is 29.6. The van der Waals surface area contributed by atoms with Crippen molar-refractivity contribution in [3.8, 4) is 0 Å². The molecule has 17 heavy (non-hydrogen) atoms. The Bertz CT molecular complexity index is 223. The average molecular weight is 238 g/mol. The molecule has 1 saturated heterocycles. The molecule has 0 amide bonds. The minimum atomic E-state index is 0.739. The van der Waals surface area contributed by atoms with Crippen LogP contribution in [0.25, 0.3) is 0 Å². The molecule has 0 aromatic carbocycles. The molecule has 2 heteroatoms. The van der Waals surface area contributed by atoms with Crippen molar-refractivity contribution in [2.75, 3.05) is 26.2 Å². The van der Waals surface area contributed by atoms with Crippen LogP contribution in [0.5, 0.6) is 0 Å². The molecule has 0 radical (unpaired) electrons. The van der Waals surface area contributed by atoms with Gasteiger partial charge in [0, 0.05) is 12.6 Å². The first-order chi connectivity index (χ1) is 8.28. The van der Waals surface area contributed by atoms with Crippen LogP contribution >= 0.6 is 0 Å². The highest BCUT2D eigenvalue weighted by atomic mass is 15.1. The fourth-order valence-electron chi connectivity index (χ4n) is 3.34. The molecule has 0 bridgehead atoms. The van der Waals surface area contributed by atoms with Gasteiger partial charge in [-0.15, -0.1) is 0 Å². The molecular formula is C15H30N2. The number of rotatable bonds is 5. The second-order valence-electron chi connectivity index (χ2n) is 6.23. The summed E-state index contributed by atoms with van der Waals surface area (Å²) in [6.07, 6.45) is 9.77. The summed E-state index contributed by atoms with van der Waals surface area (Å²) >= 11 is 0. The summed E-state index contributed by atoms with van der Waals surface area (Å²) in [7, 11) is 0. The van der Waals surface area contributed by atoms with Gasteiger partial charge < -0.3 is 10.2 Å². The third-order valence-electron chi connectivity index (χ3n) is 4.67. The molecule has 0 spiro atoms. The van der Waals surface area contributed by atoms with Gasteiger partial charge in [-0.25, -0.2) is 0 Å². The predicted octanol–water partition coefficient (Wildman–Crippen LogP) is 3.03. The van der Waals surface area contributed by atoms with Crippen LogP contribution in [0.3, 0.4) is 0 Å². The first kappa shape index (κ1) is 13.4. The van der Waals surface area contributed by atoms with E-state index in [9.17, 15) is 0 Å². The Balaban J connectivity index is 1.79. The lowest BCUT2D eigenvalue weighted by Crippen LogP contribution is -2.41. The first-order valence-electron chi connectivity index (χ1n) is 7.74.